The van der Waals surface area contributed by atoms with E-state index in [9.17, 15) is 0 Å². The van der Waals surface area contributed by atoms with Crippen LogP contribution >= 0.6 is 0 Å². The van der Waals surface area contributed by atoms with Crippen molar-refractivity contribution < 1.29 is 9.15 Å². The Kier molecular flexibility index (Phi) is 11.5. The normalized spacial score (nSPS) is 13.1. The second-order valence-corrected chi connectivity index (χ2v) is 24.1. The standard InChI is InChI=1S/C72H64N4O2/c1-70(2,3)51-36-37-73-65(42-51)76-63-44-56(33-34-60(63)69-68(76)66-57-27-14-13-22-47(57)32-35-64(66)78-69)77-55-26-18-25-54(43-55)74-45-75(62-31-16-15-30-61(62)74)67-58(49-24-17-23-48(38-49)46-20-11-10-12-21-46)28-19-29-59(67)50-39-52(71(4,5)6)41-53(40-50)72(7,8)9/h10-44H,45H2,1-9H3. The molecule has 3 aromatic heterocycles. The maximum atomic E-state index is 6.96. The predicted molar refractivity (Wildman–Crippen MR) is 327 cm³/mol. The summed E-state index contributed by atoms with van der Waals surface area (Å²) >= 11 is 0. The quantitative estimate of drug-likeness (QED) is 0.152. The highest BCUT2D eigenvalue weighted by Crippen LogP contribution is 2.52. The summed E-state index contributed by atoms with van der Waals surface area (Å²) in [5, 5.41) is 4.36. The number of hydrogen-bond acceptors (Lipinski definition) is 5. The Hall–Kier alpha value is -8.87. The fourth-order valence-electron chi connectivity index (χ4n) is 11.5. The van der Waals surface area contributed by atoms with Gasteiger partial charge in [0.25, 0.3) is 0 Å². The topological polar surface area (TPSA) is 46.7 Å². The number of rotatable bonds is 8. The lowest BCUT2D eigenvalue weighted by molar-refractivity contribution is 0.483. The van der Waals surface area contributed by atoms with E-state index in [1.807, 2.05) is 6.20 Å². The number of pyridine rings is 1. The van der Waals surface area contributed by atoms with Gasteiger partial charge in [0.2, 0.25) is 0 Å². The van der Waals surface area contributed by atoms with Crippen LogP contribution in [-0.2, 0) is 16.2 Å². The van der Waals surface area contributed by atoms with Gasteiger partial charge in [0.05, 0.1) is 28.0 Å². The smallest absolute Gasteiger partial charge is 0.161 e. The second kappa shape index (κ2) is 18.4. The molecule has 0 unspecified atom stereocenters. The first-order valence-electron chi connectivity index (χ1n) is 27.3. The molecule has 13 rings (SSSR count). The molecular weight excluding hydrogens is 953 g/mol. The van der Waals surface area contributed by atoms with Crippen LogP contribution in [0.15, 0.2) is 217 Å². The average Bonchev–Trinajstić information content (AvgIpc) is 3.87. The molecule has 0 amide bonds. The maximum absolute atomic E-state index is 6.96. The van der Waals surface area contributed by atoms with Crippen molar-refractivity contribution in [1.29, 1.82) is 0 Å². The summed E-state index contributed by atoms with van der Waals surface area (Å²) < 4.78 is 16.0. The Morgan fingerprint density at radius 3 is 1.86 bits per heavy atom. The molecular formula is C72H64N4O2. The van der Waals surface area contributed by atoms with Crippen molar-refractivity contribution in [2.75, 3.05) is 16.5 Å². The number of nitrogens with zero attached hydrogens (tertiary/aromatic N) is 4. The molecule has 4 heterocycles. The van der Waals surface area contributed by atoms with E-state index in [1.165, 1.54) is 50.2 Å². The number of benzene rings is 9. The fourth-order valence-corrected chi connectivity index (χ4v) is 11.5. The van der Waals surface area contributed by atoms with Crippen LogP contribution in [0.2, 0.25) is 0 Å². The molecule has 0 aliphatic carbocycles. The number of aromatic nitrogens is 2. The Labute approximate surface area is 457 Å². The molecule has 0 atom stereocenters. The van der Waals surface area contributed by atoms with Gasteiger partial charge < -0.3 is 19.0 Å². The highest BCUT2D eigenvalue weighted by atomic mass is 16.5. The molecule has 0 fully saturated rings. The molecule has 384 valence electrons. The minimum atomic E-state index is -0.0779. The van der Waals surface area contributed by atoms with E-state index < -0.39 is 0 Å². The van der Waals surface area contributed by atoms with Gasteiger partial charge in [-0.2, -0.15) is 0 Å². The summed E-state index contributed by atoms with van der Waals surface area (Å²) in [6.45, 7) is 21.2. The van der Waals surface area contributed by atoms with Gasteiger partial charge >= 0.3 is 0 Å². The third-order valence-corrected chi connectivity index (χ3v) is 15.7. The summed E-state index contributed by atoms with van der Waals surface area (Å²) in [4.78, 5) is 9.98. The monoisotopic (exact) mass is 1020 g/mol. The van der Waals surface area contributed by atoms with Crippen molar-refractivity contribution in [2.24, 2.45) is 0 Å². The summed E-state index contributed by atoms with van der Waals surface area (Å²) in [5.74, 6) is 2.29. The SMILES string of the molecule is CC(C)(C)c1cc(-c2cccc(-c3cccc(-c4ccccc4)c3)c2N2CN(c3cccc(Oc4ccc5c6oc7ccc8ccccc8c7c6n(-c6cc(C(C)(C)C)ccn6)c5c4)c3)c3ccccc32)cc(C(C)(C)C)c1. The Balaban J connectivity index is 0.926. The van der Waals surface area contributed by atoms with Crippen LogP contribution in [0.3, 0.4) is 0 Å². The van der Waals surface area contributed by atoms with E-state index in [2.05, 4.69) is 283 Å². The minimum Gasteiger partial charge on any atom is -0.457 e. The lowest BCUT2D eigenvalue weighted by atomic mass is 9.78. The summed E-state index contributed by atoms with van der Waals surface area (Å²) in [6, 6.07) is 74.6. The largest absolute Gasteiger partial charge is 0.457 e. The Bertz CT molecular complexity index is 4260. The molecule has 1 aliphatic heterocycles. The first-order valence-corrected chi connectivity index (χ1v) is 27.3. The second-order valence-electron chi connectivity index (χ2n) is 24.1. The number of furan rings is 1. The van der Waals surface area contributed by atoms with Gasteiger partial charge in [0, 0.05) is 40.5 Å². The molecule has 78 heavy (non-hydrogen) atoms. The molecule has 6 heteroatoms. The number of anilines is 4. The van der Waals surface area contributed by atoms with E-state index in [0.717, 1.165) is 77.9 Å². The number of ether oxygens (including phenoxy) is 1. The molecule has 0 saturated carbocycles. The van der Waals surface area contributed by atoms with E-state index in [4.69, 9.17) is 14.1 Å². The van der Waals surface area contributed by atoms with Crippen molar-refractivity contribution in [1.82, 2.24) is 9.55 Å². The molecule has 0 N–H and O–H groups in total. The zero-order valence-corrected chi connectivity index (χ0v) is 46.0. The highest BCUT2D eigenvalue weighted by molar-refractivity contribution is 6.24. The molecule has 0 saturated heterocycles. The van der Waals surface area contributed by atoms with Crippen molar-refractivity contribution in [2.45, 2.75) is 78.6 Å². The number of para-hydroxylation sites is 3. The van der Waals surface area contributed by atoms with Crippen LogP contribution in [0.25, 0.3) is 82.9 Å². The Morgan fingerprint density at radius 1 is 0.462 bits per heavy atom. The first-order chi connectivity index (χ1) is 37.5. The molecule has 0 radical (unpaired) electrons. The molecule has 0 spiro atoms. The molecule has 9 aromatic carbocycles. The van der Waals surface area contributed by atoms with Gasteiger partial charge in [-0.1, -0.05) is 196 Å². The van der Waals surface area contributed by atoms with E-state index in [1.54, 1.807) is 0 Å². The van der Waals surface area contributed by atoms with Crippen molar-refractivity contribution in [3.05, 3.63) is 229 Å². The van der Waals surface area contributed by atoms with Crippen LogP contribution in [0.1, 0.15) is 79.0 Å². The lowest BCUT2D eigenvalue weighted by Crippen LogP contribution is -2.25. The zero-order chi connectivity index (χ0) is 53.7. The number of hydrogen-bond donors (Lipinski definition) is 0. The summed E-state index contributed by atoms with van der Waals surface area (Å²) in [5.41, 5.74) is 18.9. The molecule has 6 nitrogen and oxygen atoms in total. The fraction of sp³-hybridized carbons (Fsp3) is 0.181. The molecule has 1 aliphatic rings. The van der Waals surface area contributed by atoms with Crippen LogP contribution in [0.4, 0.5) is 22.7 Å². The van der Waals surface area contributed by atoms with Gasteiger partial charge in [0.15, 0.2) is 5.58 Å². The van der Waals surface area contributed by atoms with Crippen LogP contribution in [-0.4, -0.2) is 16.2 Å². The van der Waals surface area contributed by atoms with E-state index in [0.29, 0.717) is 12.4 Å². The van der Waals surface area contributed by atoms with Gasteiger partial charge in [-0.15, -0.1) is 0 Å². The van der Waals surface area contributed by atoms with Crippen LogP contribution in [0.5, 0.6) is 11.5 Å². The summed E-state index contributed by atoms with van der Waals surface area (Å²) in [7, 11) is 0. The number of fused-ring (bicyclic) bond motifs is 8. The average molecular weight is 1020 g/mol. The van der Waals surface area contributed by atoms with Crippen LogP contribution in [0, 0.1) is 0 Å². The van der Waals surface area contributed by atoms with E-state index in [-0.39, 0.29) is 16.2 Å². The third-order valence-electron chi connectivity index (χ3n) is 15.7. The van der Waals surface area contributed by atoms with Gasteiger partial charge in [0.1, 0.15) is 35.1 Å². The lowest BCUT2D eigenvalue weighted by Gasteiger charge is -2.29. The predicted octanol–water partition coefficient (Wildman–Crippen LogP) is 20.0. The maximum Gasteiger partial charge on any atom is 0.161 e. The van der Waals surface area contributed by atoms with E-state index >= 15 is 0 Å². The van der Waals surface area contributed by atoms with Gasteiger partial charge in [-0.3, -0.25) is 4.57 Å². The van der Waals surface area contributed by atoms with Crippen molar-refractivity contribution in [3.63, 3.8) is 0 Å². The molecule has 0 bridgehead atoms. The molecule has 12 aromatic rings. The summed E-state index contributed by atoms with van der Waals surface area (Å²) in [6.07, 6.45) is 1.92. The third kappa shape index (κ3) is 8.57. The first kappa shape index (κ1) is 48.8. The van der Waals surface area contributed by atoms with Crippen LogP contribution < -0.4 is 14.5 Å². The highest BCUT2D eigenvalue weighted by Gasteiger charge is 2.33. The van der Waals surface area contributed by atoms with Crippen molar-refractivity contribution >= 4 is 66.5 Å². The van der Waals surface area contributed by atoms with Gasteiger partial charge in [-0.05, 0) is 127 Å². The minimum absolute atomic E-state index is 0.0523. The Morgan fingerprint density at radius 2 is 1.10 bits per heavy atom. The van der Waals surface area contributed by atoms with Crippen molar-refractivity contribution in [3.8, 4) is 50.7 Å². The zero-order valence-electron chi connectivity index (χ0n) is 46.0. The van der Waals surface area contributed by atoms with Gasteiger partial charge in [-0.25, -0.2) is 4.98 Å².